The molecule has 0 aromatic heterocycles. The smallest absolute Gasteiger partial charge is 0.226 e. The van der Waals surface area contributed by atoms with Gasteiger partial charge in [0.2, 0.25) is 5.91 Å². The van der Waals surface area contributed by atoms with Crippen molar-refractivity contribution in [3.05, 3.63) is 35.9 Å². The second kappa shape index (κ2) is 7.36. The van der Waals surface area contributed by atoms with Crippen LogP contribution in [0.25, 0.3) is 0 Å². The molecule has 5 fully saturated rings. The molecule has 1 amide bonds. The molecule has 4 bridgehead atoms. The first kappa shape index (κ1) is 20.5. The van der Waals surface area contributed by atoms with E-state index in [1.807, 2.05) is 0 Å². The molecule has 0 radical (unpaired) electrons. The molecule has 0 spiro atoms. The Morgan fingerprint density at radius 1 is 1.10 bits per heavy atom. The first-order valence-corrected chi connectivity index (χ1v) is 12.4. The third-order valence-electron chi connectivity index (χ3n) is 9.00. The standard InChI is InChI=1S/C27H40N2O/c1-20-9-11-29(12-10-20)16-21(2)28-24(30)27-15-22-13-25(3,18-27)17-26(14-22,19-27)23-7-5-4-6-8-23/h4-8,20-22H,9-19H2,1-3H3,(H,28,30)/t21-,22?,25?,26?,27?/m0/s1. The normalized spacial score (nSPS) is 39.8. The van der Waals surface area contributed by atoms with E-state index in [4.69, 9.17) is 0 Å². The van der Waals surface area contributed by atoms with Crippen LogP contribution < -0.4 is 5.32 Å². The van der Waals surface area contributed by atoms with Gasteiger partial charge in [0.05, 0.1) is 5.41 Å². The molecule has 1 N–H and O–H groups in total. The summed E-state index contributed by atoms with van der Waals surface area (Å²) in [5, 5.41) is 3.50. The van der Waals surface area contributed by atoms with Gasteiger partial charge >= 0.3 is 0 Å². The van der Waals surface area contributed by atoms with Crippen LogP contribution in [0, 0.1) is 22.7 Å². The molecular formula is C27H40N2O. The fourth-order valence-corrected chi connectivity index (χ4v) is 8.34. The van der Waals surface area contributed by atoms with E-state index in [9.17, 15) is 4.79 Å². The van der Waals surface area contributed by atoms with Crippen LogP contribution in [0.4, 0.5) is 0 Å². The van der Waals surface area contributed by atoms with Crippen LogP contribution in [0.5, 0.6) is 0 Å². The zero-order chi connectivity index (χ0) is 21.0. The number of piperidine rings is 1. The number of nitrogens with one attached hydrogen (secondary N) is 1. The predicted octanol–water partition coefficient (Wildman–Crippen LogP) is 5.15. The van der Waals surface area contributed by atoms with Crippen molar-refractivity contribution in [1.82, 2.24) is 10.2 Å². The summed E-state index contributed by atoms with van der Waals surface area (Å²) in [4.78, 5) is 16.3. The number of likely N-dealkylation sites (tertiary alicyclic amines) is 1. The summed E-state index contributed by atoms with van der Waals surface area (Å²) in [6.07, 6.45) is 9.70. The first-order chi connectivity index (χ1) is 14.3. The number of benzene rings is 1. The zero-order valence-electron chi connectivity index (χ0n) is 19.3. The fraction of sp³-hybridized carbons (Fsp3) is 0.741. The lowest BCUT2D eigenvalue weighted by atomic mass is 9.38. The average Bonchev–Trinajstić information content (AvgIpc) is 2.68. The lowest BCUT2D eigenvalue weighted by Gasteiger charge is -2.65. The van der Waals surface area contributed by atoms with Crippen LogP contribution in [0.1, 0.15) is 77.7 Å². The minimum absolute atomic E-state index is 0.158. The van der Waals surface area contributed by atoms with E-state index in [2.05, 4.69) is 61.3 Å². The van der Waals surface area contributed by atoms with Gasteiger partial charge in [0.15, 0.2) is 0 Å². The topological polar surface area (TPSA) is 32.3 Å². The molecule has 1 aliphatic heterocycles. The number of amides is 1. The molecule has 4 aliphatic carbocycles. The SMILES string of the molecule is CC1CCN(C[C@H](C)NC(=O)C23CC4CC(C)(C2)CC(c2ccccc2)(C4)C3)CC1. The Labute approximate surface area is 183 Å². The summed E-state index contributed by atoms with van der Waals surface area (Å²) in [5.74, 6) is 1.92. The Morgan fingerprint density at radius 3 is 2.53 bits per heavy atom. The fourth-order valence-electron chi connectivity index (χ4n) is 8.34. The monoisotopic (exact) mass is 408 g/mol. The molecule has 6 rings (SSSR count). The third-order valence-corrected chi connectivity index (χ3v) is 9.00. The highest BCUT2D eigenvalue weighted by molar-refractivity contribution is 5.84. The van der Waals surface area contributed by atoms with Crippen molar-refractivity contribution in [3.63, 3.8) is 0 Å². The number of hydrogen-bond acceptors (Lipinski definition) is 2. The lowest BCUT2D eigenvalue weighted by Crippen LogP contribution is -2.63. The summed E-state index contributed by atoms with van der Waals surface area (Å²) >= 11 is 0. The number of carbonyl (C=O) groups excluding carboxylic acids is 1. The van der Waals surface area contributed by atoms with Gasteiger partial charge in [0.1, 0.15) is 0 Å². The Morgan fingerprint density at radius 2 is 1.83 bits per heavy atom. The van der Waals surface area contributed by atoms with Crippen LogP contribution >= 0.6 is 0 Å². The van der Waals surface area contributed by atoms with E-state index in [0.29, 0.717) is 17.2 Å². The summed E-state index contributed by atoms with van der Waals surface area (Å²) in [6, 6.07) is 11.4. The van der Waals surface area contributed by atoms with Crippen molar-refractivity contribution < 1.29 is 4.79 Å². The van der Waals surface area contributed by atoms with Crippen LogP contribution in [0.3, 0.4) is 0 Å². The number of nitrogens with zero attached hydrogens (tertiary/aromatic N) is 1. The maximum Gasteiger partial charge on any atom is 0.226 e. The molecule has 1 heterocycles. The van der Waals surface area contributed by atoms with Gasteiger partial charge in [-0.3, -0.25) is 4.79 Å². The van der Waals surface area contributed by atoms with E-state index in [0.717, 1.165) is 31.7 Å². The van der Waals surface area contributed by atoms with Crippen molar-refractivity contribution in [1.29, 1.82) is 0 Å². The number of hydrogen-bond donors (Lipinski definition) is 1. The number of rotatable bonds is 5. The molecule has 3 nitrogen and oxygen atoms in total. The highest BCUT2D eigenvalue weighted by Crippen LogP contribution is 2.70. The molecule has 5 aliphatic rings. The van der Waals surface area contributed by atoms with Crippen LogP contribution in [0.15, 0.2) is 30.3 Å². The molecule has 4 saturated carbocycles. The maximum atomic E-state index is 13.8. The van der Waals surface area contributed by atoms with E-state index < -0.39 is 0 Å². The highest BCUT2D eigenvalue weighted by atomic mass is 16.2. The van der Waals surface area contributed by atoms with E-state index in [1.165, 1.54) is 50.8 Å². The molecule has 30 heavy (non-hydrogen) atoms. The molecule has 1 saturated heterocycles. The third kappa shape index (κ3) is 3.61. The van der Waals surface area contributed by atoms with Crippen molar-refractivity contribution in [2.24, 2.45) is 22.7 Å². The van der Waals surface area contributed by atoms with Gasteiger partial charge in [-0.15, -0.1) is 0 Å². The van der Waals surface area contributed by atoms with Crippen LogP contribution in [-0.4, -0.2) is 36.5 Å². The Kier molecular flexibility index (Phi) is 5.04. The zero-order valence-corrected chi connectivity index (χ0v) is 19.3. The first-order valence-electron chi connectivity index (χ1n) is 12.4. The summed E-state index contributed by atoms with van der Waals surface area (Å²) < 4.78 is 0. The lowest BCUT2D eigenvalue weighted by molar-refractivity contribution is -0.160. The van der Waals surface area contributed by atoms with Crippen molar-refractivity contribution >= 4 is 5.91 Å². The van der Waals surface area contributed by atoms with Gasteiger partial charge in [0.25, 0.3) is 0 Å². The number of carbonyl (C=O) groups is 1. The summed E-state index contributed by atoms with van der Waals surface area (Å²) in [5.41, 5.74) is 1.85. The molecular weight excluding hydrogens is 368 g/mol. The largest absolute Gasteiger partial charge is 0.352 e. The molecule has 1 aromatic rings. The minimum atomic E-state index is -0.158. The predicted molar refractivity (Wildman–Crippen MR) is 122 cm³/mol. The van der Waals surface area contributed by atoms with Gasteiger partial charge in [-0.1, -0.05) is 44.2 Å². The molecule has 4 unspecified atom stereocenters. The second-order valence-corrected chi connectivity index (χ2v) is 12.1. The van der Waals surface area contributed by atoms with E-state index in [1.54, 1.807) is 0 Å². The minimum Gasteiger partial charge on any atom is -0.352 e. The second-order valence-electron chi connectivity index (χ2n) is 12.1. The van der Waals surface area contributed by atoms with Crippen molar-refractivity contribution in [3.8, 4) is 0 Å². The van der Waals surface area contributed by atoms with Crippen LogP contribution in [-0.2, 0) is 10.2 Å². The Bertz CT molecular complexity index is 785. The molecule has 3 heteroatoms. The van der Waals surface area contributed by atoms with Gasteiger partial charge in [-0.25, -0.2) is 0 Å². The molecule has 164 valence electrons. The highest BCUT2D eigenvalue weighted by Gasteiger charge is 2.64. The van der Waals surface area contributed by atoms with Gasteiger partial charge in [-0.2, -0.15) is 0 Å². The molecule has 1 aromatic carbocycles. The Hall–Kier alpha value is -1.35. The molecule has 5 atom stereocenters. The van der Waals surface area contributed by atoms with E-state index >= 15 is 0 Å². The summed E-state index contributed by atoms with van der Waals surface area (Å²) in [7, 11) is 0. The van der Waals surface area contributed by atoms with Gasteiger partial charge in [0, 0.05) is 12.6 Å². The Balaban J connectivity index is 1.33. The van der Waals surface area contributed by atoms with Crippen molar-refractivity contribution in [2.75, 3.05) is 19.6 Å². The summed E-state index contributed by atoms with van der Waals surface area (Å²) in [6.45, 7) is 10.4. The van der Waals surface area contributed by atoms with Crippen LogP contribution in [0.2, 0.25) is 0 Å². The van der Waals surface area contributed by atoms with Gasteiger partial charge in [-0.05, 0) is 99.6 Å². The van der Waals surface area contributed by atoms with E-state index in [-0.39, 0.29) is 16.9 Å². The maximum absolute atomic E-state index is 13.8. The quantitative estimate of drug-likeness (QED) is 0.731. The van der Waals surface area contributed by atoms with Crippen molar-refractivity contribution in [2.45, 2.75) is 83.6 Å². The average molecular weight is 409 g/mol. The van der Waals surface area contributed by atoms with Gasteiger partial charge < -0.3 is 10.2 Å².